The molecule has 0 fully saturated rings. The smallest absolute Gasteiger partial charge is 0.340 e. The number of ketones is 1. The van der Waals surface area contributed by atoms with Crippen LogP contribution >= 0.6 is 0 Å². The van der Waals surface area contributed by atoms with Gasteiger partial charge in [0.2, 0.25) is 0 Å². The molecule has 0 aromatic heterocycles. The molecular weight excluding hydrogens is 366 g/mol. The Morgan fingerprint density at radius 2 is 1.55 bits per heavy atom. The zero-order chi connectivity index (χ0) is 20.5. The van der Waals surface area contributed by atoms with Crippen LogP contribution in [0.1, 0.15) is 33.2 Å². The first-order valence-electron chi connectivity index (χ1n) is 9.47. The lowest BCUT2D eigenvalue weighted by Gasteiger charge is -2.10. The zero-order valence-electron chi connectivity index (χ0n) is 16.3. The number of nitrogens with one attached hydrogen (secondary N) is 1. The molecule has 0 aliphatic rings. The lowest BCUT2D eigenvalue weighted by atomic mass is 10.1. The fourth-order valence-corrected chi connectivity index (χ4v) is 2.78. The lowest BCUT2D eigenvalue weighted by Crippen LogP contribution is -2.15. The standard InChI is InChI=1S/C24H23NO4/c1-2-25-22-11-7-6-10-21(22)24(27)29-17-23(26)19-12-14-20(15-13-19)28-16-18-8-4-3-5-9-18/h3-15,25H,2,16-17H2,1H3. The van der Waals surface area contributed by atoms with E-state index < -0.39 is 5.97 Å². The third-order valence-electron chi connectivity index (χ3n) is 4.27. The van der Waals surface area contributed by atoms with Gasteiger partial charge in [-0.1, -0.05) is 42.5 Å². The highest BCUT2D eigenvalue weighted by molar-refractivity contribution is 6.00. The van der Waals surface area contributed by atoms with E-state index in [2.05, 4.69) is 5.32 Å². The van der Waals surface area contributed by atoms with Gasteiger partial charge in [0.25, 0.3) is 0 Å². The summed E-state index contributed by atoms with van der Waals surface area (Å²) in [6.07, 6.45) is 0. The van der Waals surface area contributed by atoms with Gasteiger partial charge in [-0.25, -0.2) is 4.79 Å². The number of ether oxygens (including phenoxy) is 2. The van der Waals surface area contributed by atoms with Crippen molar-refractivity contribution in [2.45, 2.75) is 13.5 Å². The Bertz CT molecular complexity index is 952. The molecule has 0 amide bonds. The van der Waals surface area contributed by atoms with Gasteiger partial charge in [0.05, 0.1) is 5.56 Å². The molecule has 1 N–H and O–H groups in total. The van der Waals surface area contributed by atoms with Crippen molar-refractivity contribution in [1.82, 2.24) is 0 Å². The van der Waals surface area contributed by atoms with E-state index in [1.165, 1.54) is 0 Å². The molecule has 0 saturated carbocycles. The fraction of sp³-hybridized carbons (Fsp3) is 0.167. The van der Waals surface area contributed by atoms with E-state index in [1.54, 1.807) is 42.5 Å². The number of Topliss-reactive ketones (excluding diaryl/α,β-unsaturated/α-hetero) is 1. The van der Waals surface area contributed by atoms with E-state index in [0.717, 1.165) is 5.56 Å². The molecule has 0 heterocycles. The second-order valence-corrected chi connectivity index (χ2v) is 6.37. The summed E-state index contributed by atoms with van der Waals surface area (Å²) in [6.45, 7) is 2.77. The molecule has 5 heteroatoms. The Labute approximate surface area is 170 Å². The van der Waals surface area contributed by atoms with Crippen molar-refractivity contribution in [3.63, 3.8) is 0 Å². The summed E-state index contributed by atoms with van der Waals surface area (Å²) in [5.74, 6) is -0.131. The lowest BCUT2D eigenvalue weighted by molar-refractivity contribution is 0.0475. The Morgan fingerprint density at radius 3 is 2.28 bits per heavy atom. The number of anilines is 1. The third kappa shape index (κ3) is 5.69. The Balaban J connectivity index is 1.53. The normalized spacial score (nSPS) is 10.2. The van der Waals surface area contributed by atoms with E-state index in [0.29, 0.717) is 35.7 Å². The summed E-state index contributed by atoms with van der Waals surface area (Å²) in [5, 5.41) is 3.11. The number of rotatable bonds is 9. The predicted molar refractivity (Wildman–Crippen MR) is 112 cm³/mol. The van der Waals surface area contributed by atoms with Crippen LogP contribution in [0.4, 0.5) is 5.69 Å². The summed E-state index contributed by atoms with van der Waals surface area (Å²) >= 11 is 0. The predicted octanol–water partition coefficient (Wildman–Crippen LogP) is 4.74. The first-order chi connectivity index (χ1) is 14.2. The van der Waals surface area contributed by atoms with E-state index in [4.69, 9.17) is 9.47 Å². The molecule has 0 aliphatic heterocycles. The summed E-state index contributed by atoms with van der Waals surface area (Å²) in [7, 11) is 0. The topological polar surface area (TPSA) is 64.6 Å². The van der Waals surface area contributed by atoms with Gasteiger partial charge in [0, 0.05) is 17.8 Å². The first-order valence-corrected chi connectivity index (χ1v) is 9.47. The van der Waals surface area contributed by atoms with Crippen LogP contribution in [0.25, 0.3) is 0 Å². The van der Waals surface area contributed by atoms with Crippen LogP contribution in [0.3, 0.4) is 0 Å². The minimum absolute atomic E-state index is 0.270. The van der Waals surface area contributed by atoms with Gasteiger partial charge < -0.3 is 14.8 Å². The first kappa shape index (κ1) is 20.1. The van der Waals surface area contributed by atoms with Crippen LogP contribution in [0.2, 0.25) is 0 Å². The van der Waals surface area contributed by atoms with Crippen molar-refractivity contribution in [1.29, 1.82) is 0 Å². The van der Waals surface area contributed by atoms with Crippen molar-refractivity contribution >= 4 is 17.4 Å². The van der Waals surface area contributed by atoms with Crippen LogP contribution in [-0.4, -0.2) is 24.9 Å². The van der Waals surface area contributed by atoms with Crippen molar-refractivity contribution in [2.75, 3.05) is 18.5 Å². The van der Waals surface area contributed by atoms with E-state index in [1.807, 2.05) is 43.3 Å². The third-order valence-corrected chi connectivity index (χ3v) is 4.27. The van der Waals surface area contributed by atoms with Gasteiger partial charge in [-0.3, -0.25) is 4.79 Å². The number of carbonyl (C=O) groups excluding carboxylic acids is 2. The second-order valence-electron chi connectivity index (χ2n) is 6.37. The number of para-hydroxylation sites is 1. The van der Waals surface area contributed by atoms with E-state index >= 15 is 0 Å². The summed E-state index contributed by atoms with van der Waals surface area (Å²) in [4.78, 5) is 24.7. The molecule has 0 saturated heterocycles. The van der Waals surface area contributed by atoms with Gasteiger partial charge in [-0.15, -0.1) is 0 Å². The van der Waals surface area contributed by atoms with Crippen LogP contribution in [-0.2, 0) is 11.3 Å². The molecular formula is C24H23NO4. The molecule has 0 bridgehead atoms. The van der Waals surface area contributed by atoms with Crippen LogP contribution in [0, 0.1) is 0 Å². The number of hydrogen-bond acceptors (Lipinski definition) is 5. The maximum atomic E-state index is 12.3. The van der Waals surface area contributed by atoms with Crippen molar-refractivity contribution in [2.24, 2.45) is 0 Å². The van der Waals surface area contributed by atoms with E-state index in [9.17, 15) is 9.59 Å². The maximum absolute atomic E-state index is 12.3. The molecule has 3 aromatic carbocycles. The fourth-order valence-electron chi connectivity index (χ4n) is 2.78. The van der Waals surface area contributed by atoms with Gasteiger partial charge in [0.1, 0.15) is 12.4 Å². The minimum Gasteiger partial charge on any atom is -0.489 e. The van der Waals surface area contributed by atoms with Gasteiger partial charge in [0.15, 0.2) is 12.4 Å². The highest BCUT2D eigenvalue weighted by atomic mass is 16.5. The molecule has 0 aliphatic carbocycles. The molecule has 0 radical (unpaired) electrons. The van der Waals surface area contributed by atoms with Gasteiger partial charge in [-0.05, 0) is 48.9 Å². The maximum Gasteiger partial charge on any atom is 0.340 e. The van der Waals surface area contributed by atoms with Crippen molar-refractivity contribution in [3.05, 3.63) is 95.6 Å². The van der Waals surface area contributed by atoms with Gasteiger partial charge >= 0.3 is 5.97 Å². The van der Waals surface area contributed by atoms with Crippen LogP contribution < -0.4 is 10.1 Å². The summed E-state index contributed by atoms with van der Waals surface area (Å²) in [5.41, 5.74) is 2.63. The Morgan fingerprint density at radius 1 is 0.862 bits per heavy atom. The SMILES string of the molecule is CCNc1ccccc1C(=O)OCC(=O)c1ccc(OCc2ccccc2)cc1. The molecule has 0 atom stereocenters. The average molecular weight is 389 g/mol. The molecule has 0 unspecified atom stereocenters. The number of esters is 1. The zero-order valence-corrected chi connectivity index (χ0v) is 16.3. The molecule has 5 nitrogen and oxygen atoms in total. The molecule has 3 aromatic rings. The second kappa shape index (κ2) is 10.1. The Kier molecular flexibility index (Phi) is 7.00. The largest absolute Gasteiger partial charge is 0.489 e. The molecule has 29 heavy (non-hydrogen) atoms. The highest BCUT2D eigenvalue weighted by Gasteiger charge is 2.15. The summed E-state index contributed by atoms with van der Waals surface area (Å²) in [6, 6.07) is 23.7. The van der Waals surface area contributed by atoms with Crippen molar-refractivity contribution in [3.8, 4) is 5.75 Å². The van der Waals surface area contributed by atoms with Crippen LogP contribution in [0.5, 0.6) is 5.75 Å². The number of hydrogen-bond donors (Lipinski definition) is 1. The van der Waals surface area contributed by atoms with Crippen LogP contribution in [0.15, 0.2) is 78.9 Å². The molecule has 0 spiro atoms. The summed E-state index contributed by atoms with van der Waals surface area (Å²) < 4.78 is 10.9. The average Bonchev–Trinajstić information content (AvgIpc) is 2.77. The number of carbonyl (C=O) groups is 2. The number of benzene rings is 3. The quantitative estimate of drug-likeness (QED) is 0.423. The van der Waals surface area contributed by atoms with E-state index in [-0.39, 0.29) is 12.4 Å². The molecule has 3 rings (SSSR count). The molecule has 148 valence electrons. The monoisotopic (exact) mass is 389 g/mol. The van der Waals surface area contributed by atoms with Gasteiger partial charge in [-0.2, -0.15) is 0 Å². The minimum atomic E-state index is -0.530. The highest BCUT2D eigenvalue weighted by Crippen LogP contribution is 2.17. The van der Waals surface area contributed by atoms with Crippen molar-refractivity contribution < 1.29 is 19.1 Å². The Hall–Kier alpha value is -3.60.